The predicted octanol–water partition coefficient (Wildman–Crippen LogP) is 2.26. The lowest BCUT2D eigenvalue weighted by Crippen LogP contribution is -2.57. The van der Waals surface area contributed by atoms with E-state index in [-0.39, 0.29) is 18.8 Å². The normalized spacial score (nSPS) is 17.0. The number of carbonyl (C=O) groups excluding carboxylic acids is 1. The van der Waals surface area contributed by atoms with Crippen molar-refractivity contribution in [3.05, 3.63) is 34.9 Å². The Kier molecular flexibility index (Phi) is 8.29. The van der Waals surface area contributed by atoms with Crippen molar-refractivity contribution in [3.63, 3.8) is 0 Å². The first-order valence-electron chi connectivity index (χ1n) is 7.39. The Hall–Kier alpha value is -1.02. The lowest BCUT2D eigenvalue weighted by atomic mass is 10.1. The van der Waals surface area contributed by atoms with Gasteiger partial charge in [0.25, 0.3) is 0 Å². The van der Waals surface area contributed by atoms with Crippen LogP contribution in [-0.4, -0.2) is 55.7 Å². The van der Waals surface area contributed by atoms with Crippen LogP contribution in [0.25, 0.3) is 0 Å². The average Bonchev–Trinajstić information content (AvgIpc) is 2.49. The first kappa shape index (κ1) is 21.0. The molecule has 0 bridgehead atoms. The molecule has 1 atom stereocenters. The number of halogens is 5. The molecule has 1 fully saturated rings. The van der Waals surface area contributed by atoms with Crippen molar-refractivity contribution in [3.8, 4) is 0 Å². The van der Waals surface area contributed by atoms with Gasteiger partial charge in [-0.3, -0.25) is 9.69 Å². The number of carbonyl (C=O) groups is 1. The summed E-state index contributed by atoms with van der Waals surface area (Å²) in [5.74, 6) is -0.470. The van der Waals surface area contributed by atoms with E-state index in [0.717, 1.165) is 0 Å². The van der Waals surface area contributed by atoms with Crippen LogP contribution in [0.1, 0.15) is 5.56 Å². The maximum atomic E-state index is 13.2. The summed E-state index contributed by atoms with van der Waals surface area (Å²) >= 11 is 5.95. The van der Waals surface area contributed by atoms with E-state index in [0.29, 0.717) is 36.8 Å². The zero-order valence-corrected chi connectivity index (χ0v) is 14.5. The molecule has 0 saturated carbocycles. The van der Waals surface area contributed by atoms with Crippen molar-refractivity contribution in [1.29, 1.82) is 0 Å². The number of hydrogen-bond acceptors (Lipinski definition) is 3. The average molecular weight is 386 g/mol. The van der Waals surface area contributed by atoms with E-state index in [9.17, 15) is 18.0 Å². The zero-order chi connectivity index (χ0) is 16.9. The van der Waals surface area contributed by atoms with Crippen LogP contribution in [0, 0.1) is 0 Å². The number of alkyl halides is 3. The molecule has 1 aromatic rings. The maximum Gasteiger partial charge on any atom is 0.405 e. The minimum atomic E-state index is -4.38. The minimum absolute atomic E-state index is 0. The number of benzene rings is 1. The molecule has 9 heteroatoms. The molecule has 0 aromatic heterocycles. The Bertz CT molecular complexity index is 537. The fraction of sp³-hybridized carbons (Fsp3) is 0.533. The van der Waals surface area contributed by atoms with Gasteiger partial charge < -0.3 is 10.6 Å². The molecule has 1 amide bonds. The molecule has 24 heavy (non-hydrogen) atoms. The highest BCUT2D eigenvalue weighted by Gasteiger charge is 2.43. The minimum Gasteiger partial charge on any atom is -0.354 e. The second kappa shape index (κ2) is 9.46. The molecule has 2 N–H and O–H groups in total. The maximum absolute atomic E-state index is 13.2. The summed E-state index contributed by atoms with van der Waals surface area (Å²) < 4.78 is 39.6. The number of amides is 1. The molecular weight excluding hydrogens is 366 g/mol. The Morgan fingerprint density at radius 1 is 1.29 bits per heavy atom. The summed E-state index contributed by atoms with van der Waals surface area (Å²) in [5.41, 5.74) is 0.595. The molecule has 1 saturated heterocycles. The van der Waals surface area contributed by atoms with E-state index in [2.05, 4.69) is 10.6 Å². The van der Waals surface area contributed by atoms with Crippen molar-refractivity contribution in [1.82, 2.24) is 15.5 Å². The topological polar surface area (TPSA) is 44.4 Å². The number of piperazine rings is 1. The second-order valence-corrected chi connectivity index (χ2v) is 5.82. The molecule has 136 valence electrons. The fourth-order valence-electron chi connectivity index (χ4n) is 2.53. The second-order valence-electron chi connectivity index (χ2n) is 5.42. The lowest BCUT2D eigenvalue weighted by molar-refractivity contribution is -0.184. The summed E-state index contributed by atoms with van der Waals surface area (Å²) in [6, 6.07) is 5.12. The molecule has 4 nitrogen and oxygen atoms in total. The van der Waals surface area contributed by atoms with Crippen LogP contribution < -0.4 is 10.6 Å². The SMILES string of the molecule is Cl.O=C(Cc1ccccc1Cl)NCC(N1CCNCC1)C(F)(F)F. The summed E-state index contributed by atoms with van der Waals surface area (Å²) in [5, 5.41) is 5.82. The highest BCUT2D eigenvalue weighted by molar-refractivity contribution is 6.31. The Balaban J connectivity index is 0.00000288. The fourth-order valence-corrected chi connectivity index (χ4v) is 2.74. The number of nitrogens with one attached hydrogen (secondary N) is 2. The smallest absolute Gasteiger partial charge is 0.354 e. The van der Waals surface area contributed by atoms with Crippen LogP contribution in [0.2, 0.25) is 5.02 Å². The molecule has 1 aromatic carbocycles. The van der Waals surface area contributed by atoms with Crippen molar-refractivity contribution >= 4 is 29.9 Å². The summed E-state index contributed by atoms with van der Waals surface area (Å²) in [6.45, 7) is 1.20. The van der Waals surface area contributed by atoms with Gasteiger partial charge in [0.2, 0.25) is 5.91 Å². The predicted molar refractivity (Wildman–Crippen MR) is 89.7 cm³/mol. The van der Waals surface area contributed by atoms with Gasteiger partial charge in [-0.25, -0.2) is 0 Å². The monoisotopic (exact) mass is 385 g/mol. The third-order valence-corrected chi connectivity index (χ3v) is 4.14. The van der Waals surface area contributed by atoms with Gasteiger partial charge in [-0.15, -0.1) is 12.4 Å². The van der Waals surface area contributed by atoms with Crippen LogP contribution in [0.5, 0.6) is 0 Å². The quantitative estimate of drug-likeness (QED) is 0.816. The van der Waals surface area contributed by atoms with E-state index < -0.39 is 24.7 Å². The highest BCUT2D eigenvalue weighted by atomic mass is 35.5. The van der Waals surface area contributed by atoms with Crippen LogP contribution in [-0.2, 0) is 11.2 Å². The molecular formula is C15H20Cl2F3N3O. The Morgan fingerprint density at radius 2 is 1.92 bits per heavy atom. The standard InChI is InChI=1S/C15H19ClF3N3O.ClH/c16-12-4-2-1-3-11(12)9-14(23)21-10-13(15(17,18)19)22-7-5-20-6-8-22;/h1-4,13,20H,5-10H2,(H,21,23);1H. The van der Waals surface area contributed by atoms with Gasteiger partial charge in [-0.1, -0.05) is 29.8 Å². The van der Waals surface area contributed by atoms with Crippen LogP contribution in [0.15, 0.2) is 24.3 Å². The summed E-state index contributed by atoms with van der Waals surface area (Å²) in [7, 11) is 0. The van der Waals surface area contributed by atoms with Crippen LogP contribution in [0.3, 0.4) is 0 Å². The van der Waals surface area contributed by atoms with E-state index in [1.165, 1.54) is 4.90 Å². The van der Waals surface area contributed by atoms with Crippen molar-refractivity contribution < 1.29 is 18.0 Å². The van der Waals surface area contributed by atoms with Gasteiger partial charge in [0, 0.05) is 37.7 Å². The molecule has 1 unspecified atom stereocenters. The van der Waals surface area contributed by atoms with Crippen LogP contribution >= 0.6 is 24.0 Å². The van der Waals surface area contributed by atoms with Gasteiger partial charge in [-0.05, 0) is 11.6 Å². The van der Waals surface area contributed by atoms with E-state index in [4.69, 9.17) is 11.6 Å². The zero-order valence-electron chi connectivity index (χ0n) is 12.9. The number of rotatable bonds is 5. The van der Waals surface area contributed by atoms with Gasteiger partial charge in [0.15, 0.2) is 0 Å². The molecule has 1 aliphatic rings. The van der Waals surface area contributed by atoms with Crippen molar-refractivity contribution in [2.24, 2.45) is 0 Å². The molecule has 1 aliphatic heterocycles. The highest BCUT2D eigenvalue weighted by Crippen LogP contribution is 2.25. The summed E-state index contributed by atoms with van der Waals surface area (Å²) in [6.07, 6.45) is -4.42. The summed E-state index contributed by atoms with van der Waals surface area (Å²) in [4.78, 5) is 13.3. The number of nitrogens with zero attached hydrogens (tertiary/aromatic N) is 1. The van der Waals surface area contributed by atoms with Crippen molar-refractivity contribution in [2.45, 2.75) is 18.6 Å². The molecule has 0 aliphatic carbocycles. The third-order valence-electron chi connectivity index (χ3n) is 3.77. The largest absolute Gasteiger partial charge is 0.405 e. The molecule has 0 spiro atoms. The Labute approximate surface area is 150 Å². The van der Waals surface area contributed by atoms with Gasteiger partial charge in [0.05, 0.1) is 6.42 Å². The van der Waals surface area contributed by atoms with E-state index in [1.807, 2.05) is 0 Å². The molecule has 0 radical (unpaired) electrons. The van der Waals surface area contributed by atoms with E-state index >= 15 is 0 Å². The van der Waals surface area contributed by atoms with Gasteiger partial charge in [0.1, 0.15) is 6.04 Å². The van der Waals surface area contributed by atoms with Gasteiger partial charge in [-0.2, -0.15) is 13.2 Å². The Morgan fingerprint density at radius 3 is 2.50 bits per heavy atom. The van der Waals surface area contributed by atoms with Gasteiger partial charge >= 0.3 is 6.18 Å². The van der Waals surface area contributed by atoms with E-state index in [1.54, 1.807) is 24.3 Å². The first-order chi connectivity index (χ1) is 10.9. The molecule has 2 rings (SSSR count). The lowest BCUT2D eigenvalue weighted by Gasteiger charge is -2.35. The number of hydrogen-bond donors (Lipinski definition) is 2. The first-order valence-corrected chi connectivity index (χ1v) is 7.77. The van der Waals surface area contributed by atoms with Crippen LogP contribution in [0.4, 0.5) is 13.2 Å². The van der Waals surface area contributed by atoms with Crippen molar-refractivity contribution in [2.75, 3.05) is 32.7 Å². The third kappa shape index (κ3) is 6.12. The molecule has 1 heterocycles.